The smallest absolute Gasteiger partial charge is 0.211 e. The maximum absolute atomic E-state index is 13.5. The molecular formula is C15H26FIN4O2S. The minimum atomic E-state index is -3.15. The Morgan fingerprint density at radius 2 is 1.88 bits per heavy atom. The van der Waals surface area contributed by atoms with Crippen molar-refractivity contribution in [1.29, 1.82) is 0 Å². The van der Waals surface area contributed by atoms with Gasteiger partial charge in [-0.1, -0.05) is 18.2 Å². The summed E-state index contributed by atoms with van der Waals surface area (Å²) in [5.74, 6) is 0.378. The highest BCUT2D eigenvalue weighted by Gasteiger charge is 2.05. The monoisotopic (exact) mass is 472 g/mol. The van der Waals surface area contributed by atoms with Gasteiger partial charge in [0.25, 0.3) is 0 Å². The molecule has 0 aromatic heterocycles. The Balaban J connectivity index is 0.00000529. The van der Waals surface area contributed by atoms with Gasteiger partial charge in [0.15, 0.2) is 5.96 Å². The molecule has 0 amide bonds. The second-order valence-electron chi connectivity index (χ2n) is 4.86. The number of benzene rings is 1. The van der Waals surface area contributed by atoms with Crippen molar-refractivity contribution in [3.8, 4) is 0 Å². The number of sulfonamides is 1. The number of hydrogen-bond acceptors (Lipinski definition) is 3. The zero-order valence-electron chi connectivity index (χ0n) is 14.0. The third-order valence-corrected chi connectivity index (χ3v) is 4.46. The van der Waals surface area contributed by atoms with Crippen LogP contribution in [0.25, 0.3) is 0 Å². The van der Waals surface area contributed by atoms with Gasteiger partial charge in [0.1, 0.15) is 5.82 Å². The first kappa shape index (κ1) is 23.1. The van der Waals surface area contributed by atoms with Crippen LogP contribution in [0.1, 0.15) is 25.8 Å². The summed E-state index contributed by atoms with van der Waals surface area (Å²) < 4.78 is 38.6. The van der Waals surface area contributed by atoms with Crippen LogP contribution in [-0.4, -0.2) is 39.8 Å². The normalized spacial score (nSPS) is 11.7. The summed E-state index contributed by atoms with van der Waals surface area (Å²) in [4.78, 5) is 4.32. The highest BCUT2D eigenvalue weighted by molar-refractivity contribution is 14.0. The summed E-state index contributed by atoms with van der Waals surface area (Å²) in [5, 5.41) is 6.16. The highest BCUT2D eigenvalue weighted by atomic mass is 127. The Kier molecular flexibility index (Phi) is 11.9. The lowest BCUT2D eigenvalue weighted by Gasteiger charge is -2.11. The number of aliphatic imine (C=N–C) groups is 1. The maximum atomic E-state index is 13.5. The van der Waals surface area contributed by atoms with Crippen molar-refractivity contribution in [3.63, 3.8) is 0 Å². The van der Waals surface area contributed by atoms with E-state index in [-0.39, 0.29) is 42.1 Å². The third kappa shape index (κ3) is 9.38. The molecule has 0 bridgehead atoms. The Hall–Kier alpha value is -0.940. The largest absolute Gasteiger partial charge is 0.357 e. The predicted octanol–water partition coefficient (Wildman–Crippen LogP) is 1.83. The van der Waals surface area contributed by atoms with Crippen LogP contribution < -0.4 is 15.4 Å². The minimum Gasteiger partial charge on any atom is -0.357 e. The van der Waals surface area contributed by atoms with Gasteiger partial charge in [0, 0.05) is 25.2 Å². The van der Waals surface area contributed by atoms with E-state index < -0.39 is 10.0 Å². The van der Waals surface area contributed by atoms with Crippen molar-refractivity contribution in [3.05, 3.63) is 35.6 Å². The molecule has 0 saturated heterocycles. The molecule has 0 aliphatic carbocycles. The molecule has 3 N–H and O–H groups in total. The molecule has 0 radical (unpaired) electrons. The van der Waals surface area contributed by atoms with Gasteiger partial charge >= 0.3 is 0 Å². The van der Waals surface area contributed by atoms with Gasteiger partial charge in [-0.3, -0.25) is 0 Å². The average Bonchev–Trinajstić information content (AvgIpc) is 2.53. The molecule has 138 valence electrons. The van der Waals surface area contributed by atoms with Crippen molar-refractivity contribution in [2.75, 3.05) is 25.4 Å². The van der Waals surface area contributed by atoms with Crippen LogP contribution in [0, 0.1) is 5.82 Å². The Morgan fingerprint density at radius 1 is 1.17 bits per heavy atom. The third-order valence-electron chi connectivity index (χ3n) is 3.06. The van der Waals surface area contributed by atoms with E-state index >= 15 is 0 Å². The summed E-state index contributed by atoms with van der Waals surface area (Å²) in [6, 6.07) is 6.52. The number of nitrogens with one attached hydrogen (secondary N) is 3. The molecule has 0 aliphatic heterocycles. The molecule has 0 unspecified atom stereocenters. The van der Waals surface area contributed by atoms with Gasteiger partial charge < -0.3 is 10.6 Å². The van der Waals surface area contributed by atoms with Crippen molar-refractivity contribution in [2.24, 2.45) is 4.99 Å². The van der Waals surface area contributed by atoms with E-state index in [1.54, 1.807) is 25.1 Å². The van der Waals surface area contributed by atoms with Crippen LogP contribution in [0.2, 0.25) is 0 Å². The van der Waals surface area contributed by atoms with Crippen molar-refractivity contribution < 1.29 is 12.8 Å². The number of hydrogen-bond donors (Lipinski definition) is 3. The summed E-state index contributed by atoms with van der Waals surface area (Å²) in [6.45, 7) is 5.40. The summed E-state index contributed by atoms with van der Waals surface area (Å²) in [6.07, 6.45) is 0.628. The zero-order valence-corrected chi connectivity index (χ0v) is 17.2. The zero-order chi connectivity index (χ0) is 17.1. The molecule has 1 aromatic rings. The van der Waals surface area contributed by atoms with Crippen LogP contribution in [0.15, 0.2) is 29.3 Å². The second kappa shape index (κ2) is 12.4. The van der Waals surface area contributed by atoms with Crippen molar-refractivity contribution in [1.82, 2.24) is 15.4 Å². The van der Waals surface area contributed by atoms with Crippen LogP contribution in [0.5, 0.6) is 0 Å². The van der Waals surface area contributed by atoms with E-state index in [0.717, 1.165) is 0 Å². The number of halogens is 2. The number of rotatable bonds is 9. The lowest BCUT2D eigenvalue weighted by molar-refractivity contribution is 0.579. The predicted molar refractivity (Wildman–Crippen MR) is 107 cm³/mol. The van der Waals surface area contributed by atoms with E-state index in [0.29, 0.717) is 37.6 Å². The standard InChI is InChI=1S/C15H25FN4O2S.HI/c1-3-17-15(18-10-7-11-20-23(21,22)4-2)19-12-13-8-5-6-9-14(13)16;/h5-6,8-9,20H,3-4,7,10-12H2,1-2H3,(H2,17,18,19);1H. The van der Waals surface area contributed by atoms with Crippen LogP contribution >= 0.6 is 24.0 Å². The van der Waals surface area contributed by atoms with Gasteiger partial charge in [-0.2, -0.15) is 0 Å². The first-order chi connectivity index (χ1) is 11.0. The molecule has 0 heterocycles. The second-order valence-corrected chi connectivity index (χ2v) is 6.96. The summed E-state index contributed by atoms with van der Waals surface area (Å²) in [5.41, 5.74) is 0.528. The highest BCUT2D eigenvalue weighted by Crippen LogP contribution is 2.07. The summed E-state index contributed by atoms with van der Waals surface area (Å²) in [7, 11) is -3.15. The topological polar surface area (TPSA) is 82.6 Å². The molecule has 0 spiro atoms. The SMILES string of the molecule is CCNC(=NCc1ccccc1F)NCCCNS(=O)(=O)CC.I. The fraction of sp³-hybridized carbons (Fsp3) is 0.533. The average molecular weight is 472 g/mol. The van der Waals surface area contributed by atoms with Crippen LogP contribution in [0.3, 0.4) is 0 Å². The van der Waals surface area contributed by atoms with E-state index in [9.17, 15) is 12.8 Å². The van der Waals surface area contributed by atoms with Crippen molar-refractivity contribution in [2.45, 2.75) is 26.8 Å². The summed E-state index contributed by atoms with van der Waals surface area (Å²) >= 11 is 0. The molecule has 0 saturated carbocycles. The Morgan fingerprint density at radius 3 is 2.50 bits per heavy atom. The molecule has 9 heteroatoms. The van der Waals surface area contributed by atoms with E-state index in [1.807, 2.05) is 6.92 Å². The molecule has 6 nitrogen and oxygen atoms in total. The number of nitrogens with zero attached hydrogens (tertiary/aromatic N) is 1. The van der Waals surface area contributed by atoms with Crippen molar-refractivity contribution >= 4 is 40.0 Å². The molecule has 24 heavy (non-hydrogen) atoms. The molecular weight excluding hydrogens is 446 g/mol. The fourth-order valence-corrected chi connectivity index (χ4v) is 2.42. The first-order valence-electron chi connectivity index (χ1n) is 7.71. The molecule has 0 atom stereocenters. The minimum absolute atomic E-state index is 0. The van der Waals surface area contributed by atoms with Gasteiger partial charge in [-0.25, -0.2) is 22.5 Å². The molecule has 0 aliphatic rings. The van der Waals surface area contributed by atoms with E-state index in [1.165, 1.54) is 6.07 Å². The molecule has 0 fully saturated rings. The quantitative estimate of drug-likeness (QED) is 0.222. The Bertz CT molecular complexity index is 611. The van der Waals surface area contributed by atoms with Crippen LogP contribution in [0.4, 0.5) is 4.39 Å². The first-order valence-corrected chi connectivity index (χ1v) is 9.36. The van der Waals surface area contributed by atoms with Gasteiger partial charge in [-0.15, -0.1) is 24.0 Å². The fourth-order valence-electron chi connectivity index (χ4n) is 1.76. The number of guanidine groups is 1. The van der Waals surface area contributed by atoms with Gasteiger partial charge in [-0.05, 0) is 26.3 Å². The maximum Gasteiger partial charge on any atom is 0.211 e. The molecule has 1 aromatic carbocycles. The van der Waals surface area contributed by atoms with Gasteiger partial charge in [0.05, 0.1) is 12.3 Å². The lowest BCUT2D eigenvalue weighted by atomic mass is 10.2. The van der Waals surface area contributed by atoms with E-state index in [2.05, 4.69) is 20.3 Å². The molecule has 1 rings (SSSR count). The lowest BCUT2D eigenvalue weighted by Crippen LogP contribution is -2.38. The Labute approximate surface area is 160 Å². The van der Waals surface area contributed by atoms with E-state index in [4.69, 9.17) is 0 Å². The van der Waals surface area contributed by atoms with Crippen LogP contribution in [-0.2, 0) is 16.6 Å². The van der Waals surface area contributed by atoms with Gasteiger partial charge in [0.2, 0.25) is 10.0 Å².